The molecule has 2 aromatic rings. The Bertz CT molecular complexity index is 550. The molecule has 0 unspecified atom stereocenters. The summed E-state index contributed by atoms with van der Waals surface area (Å²) < 4.78 is 7.58. The maximum absolute atomic E-state index is 5.84. The molecule has 0 bridgehead atoms. The van der Waals surface area contributed by atoms with Crippen LogP contribution in [0.1, 0.15) is 24.7 Å². The molecule has 1 saturated heterocycles. The minimum atomic E-state index is 0.357. The van der Waals surface area contributed by atoms with Gasteiger partial charge in [-0.15, -0.1) is 5.10 Å². The summed E-state index contributed by atoms with van der Waals surface area (Å²) in [6.45, 7) is 2.36. The number of piperidine rings is 1. The van der Waals surface area contributed by atoms with E-state index in [4.69, 9.17) is 16.3 Å². The summed E-state index contributed by atoms with van der Waals surface area (Å²) in [5, 5.41) is 15.9. The van der Waals surface area contributed by atoms with Gasteiger partial charge in [-0.25, -0.2) is 4.68 Å². The highest BCUT2D eigenvalue weighted by atomic mass is 35.5. The van der Waals surface area contributed by atoms with Crippen molar-refractivity contribution in [1.29, 1.82) is 0 Å². The second-order valence-corrected chi connectivity index (χ2v) is 5.20. The van der Waals surface area contributed by atoms with Crippen LogP contribution in [0.4, 0.5) is 0 Å². The monoisotopic (exact) mass is 293 g/mol. The van der Waals surface area contributed by atoms with Crippen molar-refractivity contribution in [3.8, 4) is 5.75 Å². The van der Waals surface area contributed by atoms with Gasteiger partial charge in [-0.1, -0.05) is 11.6 Å². The van der Waals surface area contributed by atoms with E-state index >= 15 is 0 Å². The van der Waals surface area contributed by atoms with Gasteiger partial charge in [0.1, 0.15) is 12.4 Å². The van der Waals surface area contributed by atoms with Crippen LogP contribution in [0.3, 0.4) is 0 Å². The molecule has 0 atom stereocenters. The zero-order chi connectivity index (χ0) is 13.8. The van der Waals surface area contributed by atoms with Crippen LogP contribution in [0.15, 0.2) is 24.3 Å². The summed E-state index contributed by atoms with van der Waals surface area (Å²) >= 11 is 5.84. The molecule has 1 aromatic carbocycles. The molecular formula is C13H16ClN5O. The fraction of sp³-hybridized carbons (Fsp3) is 0.462. The van der Waals surface area contributed by atoms with Gasteiger partial charge in [0, 0.05) is 5.02 Å². The molecule has 1 aromatic heterocycles. The number of nitrogens with zero attached hydrogens (tertiary/aromatic N) is 4. The Morgan fingerprint density at radius 1 is 1.25 bits per heavy atom. The number of hydrogen-bond donors (Lipinski definition) is 1. The largest absolute Gasteiger partial charge is 0.486 e. The van der Waals surface area contributed by atoms with Gasteiger partial charge in [0.05, 0.1) is 6.04 Å². The molecule has 0 amide bonds. The second-order valence-electron chi connectivity index (χ2n) is 4.76. The molecule has 1 aliphatic rings. The highest BCUT2D eigenvalue weighted by Crippen LogP contribution is 2.20. The van der Waals surface area contributed by atoms with Gasteiger partial charge in [-0.2, -0.15) is 0 Å². The third-order valence-corrected chi connectivity index (χ3v) is 3.65. The molecule has 1 fully saturated rings. The van der Waals surface area contributed by atoms with Crippen LogP contribution in [0.5, 0.6) is 5.75 Å². The summed E-state index contributed by atoms with van der Waals surface area (Å²) in [6, 6.07) is 7.62. The number of benzene rings is 1. The molecule has 7 heteroatoms. The lowest BCUT2D eigenvalue weighted by molar-refractivity contribution is 0.264. The smallest absolute Gasteiger partial charge is 0.189 e. The minimum Gasteiger partial charge on any atom is -0.486 e. The van der Waals surface area contributed by atoms with Crippen LogP contribution in [-0.4, -0.2) is 33.3 Å². The molecule has 0 saturated carbocycles. The average molecular weight is 294 g/mol. The third-order valence-electron chi connectivity index (χ3n) is 3.40. The Kier molecular flexibility index (Phi) is 4.13. The average Bonchev–Trinajstić information content (AvgIpc) is 2.96. The number of tetrazole rings is 1. The molecule has 0 aliphatic carbocycles. The molecule has 3 rings (SSSR count). The summed E-state index contributed by atoms with van der Waals surface area (Å²) in [7, 11) is 0. The predicted molar refractivity (Wildman–Crippen MR) is 74.7 cm³/mol. The second kappa shape index (κ2) is 6.19. The van der Waals surface area contributed by atoms with Crippen molar-refractivity contribution in [1.82, 2.24) is 25.5 Å². The highest BCUT2D eigenvalue weighted by molar-refractivity contribution is 6.30. The van der Waals surface area contributed by atoms with E-state index in [1.807, 2.05) is 16.8 Å². The lowest BCUT2D eigenvalue weighted by Crippen LogP contribution is -2.30. The van der Waals surface area contributed by atoms with Crippen LogP contribution in [0.25, 0.3) is 0 Å². The van der Waals surface area contributed by atoms with Crippen LogP contribution in [-0.2, 0) is 6.61 Å². The van der Waals surface area contributed by atoms with Crippen molar-refractivity contribution < 1.29 is 4.74 Å². The van der Waals surface area contributed by atoms with E-state index in [1.165, 1.54) is 0 Å². The Hall–Kier alpha value is -1.66. The van der Waals surface area contributed by atoms with Crippen molar-refractivity contribution in [2.24, 2.45) is 0 Å². The number of aromatic nitrogens is 4. The SMILES string of the molecule is Clc1ccc(OCc2nnnn2C2CCNCC2)cc1. The zero-order valence-electron chi connectivity index (χ0n) is 11.0. The molecule has 1 N–H and O–H groups in total. The topological polar surface area (TPSA) is 64.9 Å². The van der Waals surface area contributed by atoms with Gasteiger partial charge in [-0.3, -0.25) is 0 Å². The van der Waals surface area contributed by atoms with Gasteiger partial charge in [0.15, 0.2) is 5.82 Å². The molecular weight excluding hydrogens is 278 g/mol. The Morgan fingerprint density at radius 3 is 2.75 bits per heavy atom. The maximum Gasteiger partial charge on any atom is 0.189 e. The predicted octanol–water partition coefficient (Wildman–Crippen LogP) is 1.83. The van der Waals surface area contributed by atoms with E-state index in [-0.39, 0.29) is 0 Å². The third kappa shape index (κ3) is 3.08. The van der Waals surface area contributed by atoms with E-state index in [0.717, 1.165) is 37.5 Å². The minimum absolute atomic E-state index is 0.357. The summed E-state index contributed by atoms with van der Waals surface area (Å²) in [5.74, 6) is 1.51. The lowest BCUT2D eigenvalue weighted by atomic mass is 10.1. The highest BCUT2D eigenvalue weighted by Gasteiger charge is 2.19. The van der Waals surface area contributed by atoms with E-state index < -0.39 is 0 Å². The number of halogens is 1. The molecule has 1 aliphatic heterocycles. The van der Waals surface area contributed by atoms with Crippen LogP contribution < -0.4 is 10.1 Å². The molecule has 20 heavy (non-hydrogen) atoms. The first-order valence-electron chi connectivity index (χ1n) is 6.69. The quantitative estimate of drug-likeness (QED) is 0.932. The number of rotatable bonds is 4. The van der Waals surface area contributed by atoms with Crippen LogP contribution >= 0.6 is 11.6 Å². The van der Waals surface area contributed by atoms with Crippen molar-refractivity contribution in [2.75, 3.05) is 13.1 Å². The first-order valence-corrected chi connectivity index (χ1v) is 7.06. The van der Waals surface area contributed by atoms with Crippen LogP contribution in [0.2, 0.25) is 5.02 Å². The van der Waals surface area contributed by atoms with Crippen molar-refractivity contribution in [2.45, 2.75) is 25.5 Å². The van der Waals surface area contributed by atoms with E-state index in [2.05, 4.69) is 20.8 Å². The normalized spacial score (nSPS) is 16.2. The summed E-state index contributed by atoms with van der Waals surface area (Å²) in [6.07, 6.45) is 2.08. The Labute approximate surface area is 122 Å². The van der Waals surface area contributed by atoms with Crippen molar-refractivity contribution in [3.63, 3.8) is 0 Å². The maximum atomic E-state index is 5.84. The Morgan fingerprint density at radius 2 is 2.00 bits per heavy atom. The molecule has 0 spiro atoms. The van der Waals surface area contributed by atoms with Crippen molar-refractivity contribution in [3.05, 3.63) is 35.1 Å². The fourth-order valence-corrected chi connectivity index (χ4v) is 2.45. The zero-order valence-corrected chi connectivity index (χ0v) is 11.8. The molecule has 106 valence electrons. The first kappa shape index (κ1) is 13.3. The number of ether oxygens (including phenoxy) is 1. The van der Waals surface area contributed by atoms with Crippen LogP contribution in [0, 0.1) is 0 Å². The summed E-state index contributed by atoms with van der Waals surface area (Å²) in [4.78, 5) is 0. The van der Waals surface area contributed by atoms with Gasteiger partial charge in [0.25, 0.3) is 0 Å². The van der Waals surface area contributed by atoms with Gasteiger partial charge in [-0.05, 0) is 60.6 Å². The molecule has 2 heterocycles. The number of hydrogen-bond acceptors (Lipinski definition) is 5. The Balaban J connectivity index is 1.65. The molecule has 6 nitrogen and oxygen atoms in total. The van der Waals surface area contributed by atoms with Gasteiger partial charge in [0.2, 0.25) is 0 Å². The lowest BCUT2D eigenvalue weighted by Gasteiger charge is -2.23. The summed E-state index contributed by atoms with van der Waals surface area (Å²) in [5.41, 5.74) is 0. The van der Waals surface area contributed by atoms with Gasteiger partial charge >= 0.3 is 0 Å². The fourth-order valence-electron chi connectivity index (χ4n) is 2.32. The van der Waals surface area contributed by atoms with E-state index in [9.17, 15) is 0 Å². The standard InChI is InChI=1S/C13H16ClN5O/c14-10-1-3-12(4-2-10)20-9-13-16-17-18-19(13)11-5-7-15-8-6-11/h1-4,11,15H,5-9H2. The molecule has 0 radical (unpaired) electrons. The first-order chi connectivity index (χ1) is 9.83. The van der Waals surface area contributed by atoms with E-state index in [0.29, 0.717) is 17.7 Å². The van der Waals surface area contributed by atoms with Gasteiger partial charge < -0.3 is 10.1 Å². The van der Waals surface area contributed by atoms with Crippen molar-refractivity contribution >= 4 is 11.6 Å². The number of nitrogens with one attached hydrogen (secondary N) is 1. The van der Waals surface area contributed by atoms with E-state index in [1.54, 1.807) is 12.1 Å².